The number of aromatic nitrogens is 1. The Morgan fingerprint density at radius 1 is 1.55 bits per heavy atom. The molecule has 0 atom stereocenters. The van der Waals surface area contributed by atoms with Crippen LogP contribution in [0.5, 0.6) is 5.88 Å². The van der Waals surface area contributed by atoms with Gasteiger partial charge in [-0.15, -0.1) is 0 Å². The SMILES string of the molecule is CCOc1nccc(N)c1N. The number of hydrogen-bond acceptors (Lipinski definition) is 4. The second-order valence-electron chi connectivity index (χ2n) is 2.05. The second kappa shape index (κ2) is 3.09. The summed E-state index contributed by atoms with van der Waals surface area (Å²) in [4.78, 5) is 3.90. The van der Waals surface area contributed by atoms with Gasteiger partial charge >= 0.3 is 0 Å². The highest BCUT2D eigenvalue weighted by atomic mass is 16.5. The molecule has 0 aromatic carbocycles. The van der Waals surface area contributed by atoms with E-state index in [4.69, 9.17) is 16.2 Å². The van der Waals surface area contributed by atoms with Crippen molar-refractivity contribution >= 4 is 11.4 Å². The molecular formula is C7H11N3O. The molecule has 60 valence electrons. The lowest BCUT2D eigenvalue weighted by atomic mass is 10.3. The fourth-order valence-electron chi connectivity index (χ4n) is 0.720. The Hall–Kier alpha value is -1.45. The zero-order chi connectivity index (χ0) is 8.27. The van der Waals surface area contributed by atoms with Gasteiger partial charge in [-0.05, 0) is 13.0 Å². The van der Waals surface area contributed by atoms with Crippen LogP contribution in [0.3, 0.4) is 0 Å². The lowest BCUT2D eigenvalue weighted by molar-refractivity contribution is 0.329. The molecule has 1 aromatic heterocycles. The van der Waals surface area contributed by atoms with Gasteiger partial charge in [-0.1, -0.05) is 0 Å². The maximum atomic E-state index is 5.56. The molecule has 0 unspecified atom stereocenters. The van der Waals surface area contributed by atoms with Crippen molar-refractivity contribution in [2.75, 3.05) is 18.1 Å². The van der Waals surface area contributed by atoms with Gasteiger partial charge in [0, 0.05) is 6.20 Å². The molecule has 4 heteroatoms. The molecule has 1 heterocycles. The minimum Gasteiger partial charge on any atom is -0.476 e. The van der Waals surface area contributed by atoms with Crippen molar-refractivity contribution < 1.29 is 4.74 Å². The first-order valence-corrected chi connectivity index (χ1v) is 3.38. The molecule has 1 aromatic rings. The second-order valence-corrected chi connectivity index (χ2v) is 2.05. The van der Waals surface area contributed by atoms with Gasteiger partial charge in [0.05, 0.1) is 12.3 Å². The average molecular weight is 153 g/mol. The third-order valence-corrected chi connectivity index (χ3v) is 1.27. The maximum Gasteiger partial charge on any atom is 0.239 e. The molecule has 1 rings (SSSR count). The lowest BCUT2D eigenvalue weighted by Crippen LogP contribution is -2.02. The molecule has 0 aliphatic rings. The Bertz CT molecular complexity index is 249. The molecule has 4 nitrogen and oxygen atoms in total. The molecule has 4 N–H and O–H groups in total. The summed E-state index contributed by atoms with van der Waals surface area (Å²) in [6.07, 6.45) is 1.57. The summed E-state index contributed by atoms with van der Waals surface area (Å²) in [5.74, 6) is 0.410. The molecule has 0 saturated heterocycles. The smallest absolute Gasteiger partial charge is 0.239 e. The Labute approximate surface area is 65.2 Å². The average Bonchev–Trinajstić information content (AvgIpc) is 1.99. The first-order valence-electron chi connectivity index (χ1n) is 3.38. The van der Waals surface area contributed by atoms with Gasteiger partial charge in [-0.25, -0.2) is 4.98 Å². The van der Waals surface area contributed by atoms with Gasteiger partial charge in [0.25, 0.3) is 0 Å². The van der Waals surface area contributed by atoms with Crippen molar-refractivity contribution in [1.29, 1.82) is 0 Å². The van der Waals surface area contributed by atoms with Crippen LogP contribution in [0, 0.1) is 0 Å². The predicted octanol–water partition coefficient (Wildman–Crippen LogP) is 0.645. The normalized spacial score (nSPS) is 9.55. The number of nitrogen functional groups attached to an aromatic ring is 2. The summed E-state index contributed by atoms with van der Waals surface area (Å²) < 4.78 is 5.10. The minimum absolute atomic E-state index is 0.410. The molecular weight excluding hydrogens is 142 g/mol. The van der Waals surface area contributed by atoms with Crippen molar-refractivity contribution in [3.05, 3.63) is 12.3 Å². The number of nitrogens with two attached hydrogens (primary N) is 2. The van der Waals surface area contributed by atoms with Gasteiger partial charge in [0.2, 0.25) is 5.88 Å². The Kier molecular flexibility index (Phi) is 2.15. The number of rotatable bonds is 2. The molecule has 0 amide bonds. The van der Waals surface area contributed by atoms with Crippen LogP contribution >= 0.6 is 0 Å². The monoisotopic (exact) mass is 153 g/mol. The van der Waals surface area contributed by atoms with Gasteiger partial charge in [-0.3, -0.25) is 0 Å². The first kappa shape index (κ1) is 7.65. The maximum absolute atomic E-state index is 5.56. The van der Waals surface area contributed by atoms with Crippen LogP contribution in [0.25, 0.3) is 0 Å². The van der Waals surface area contributed by atoms with Gasteiger partial charge in [-0.2, -0.15) is 0 Å². The van der Waals surface area contributed by atoms with E-state index in [2.05, 4.69) is 4.98 Å². The zero-order valence-corrected chi connectivity index (χ0v) is 6.37. The summed E-state index contributed by atoms with van der Waals surface area (Å²) in [5, 5.41) is 0. The van der Waals surface area contributed by atoms with E-state index in [1.165, 1.54) is 0 Å². The number of nitrogens with zero attached hydrogens (tertiary/aromatic N) is 1. The number of anilines is 2. The van der Waals surface area contributed by atoms with E-state index >= 15 is 0 Å². The van der Waals surface area contributed by atoms with Crippen LogP contribution in [0.4, 0.5) is 11.4 Å². The number of ether oxygens (including phenoxy) is 1. The van der Waals surface area contributed by atoms with Crippen molar-refractivity contribution in [2.45, 2.75) is 6.92 Å². The molecule has 0 bridgehead atoms. The van der Waals surface area contributed by atoms with Gasteiger partial charge < -0.3 is 16.2 Å². The van der Waals surface area contributed by atoms with Crippen molar-refractivity contribution in [3.63, 3.8) is 0 Å². The van der Waals surface area contributed by atoms with Crippen molar-refractivity contribution in [1.82, 2.24) is 4.98 Å². The molecule has 0 aliphatic heterocycles. The third-order valence-electron chi connectivity index (χ3n) is 1.27. The van der Waals surface area contributed by atoms with Crippen molar-refractivity contribution in [3.8, 4) is 5.88 Å². The number of hydrogen-bond donors (Lipinski definition) is 2. The summed E-state index contributed by atoms with van der Waals surface area (Å²) in [6, 6.07) is 1.64. The molecule has 0 spiro atoms. The van der Waals surface area contributed by atoms with Crippen LogP contribution in [-0.2, 0) is 0 Å². The Morgan fingerprint density at radius 2 is 2.27 bits per heavy atom. The minimum atomic E-state index is 0.410. The van der Waals surface area contributed by atoms with E-state index in [0.29, 0.717) is 23.9 Å². The predicted molar refractivity (Wildman–Crippen MR) is 44.2 cm³/mol. The van der Waals surface area contributed by atoms with E-state index in [-0.39, 0.29) is 0 Å². The molecule has 0 saturated carbocycles. The number of pyridine rings is 1. The molecule has 0 aliphatic carbocycles. The fourth-order valence-corrected chi connectivity index (χ4v) is 0.720. The molecule has 11 heavy (non-hydrogen) atoms. The fraction of sp³-hybridized carbons (Fsp3) is 0.286. The Morgan fingerprint density at radius 3 is 2.91 bits per heavy atom. The topological polar surface area (TPSA) is 74.2 Å². The Balaban J connectivity index is 2.96. The van der Waals surface area contributed by atoms with Gasteiger partial charge in [0.1, 0.15) is 5.69 Å². The lowest BCUT2D eigenvalue weighted by Gasteiger charge is -2.05. The van der Waals surface area contributed by atoms with E-state index in [0.717, 1.165) is 0 Å². The van der Waals surface area contributed by atoms with Crippen molar-refractivity contribution in [2.24, 2.45) is 0 Å². The summed E-state index contributed by atoms with van der Waals surface area (Å²) >= 11 is 0. The van der Waals surface area contributed by atoms with Crippen LogP contribution < -0.4 is 16.2 Å². The largest absolute Gasteiger partial charge is 0.476 e. The highest BCUT2D eigenvalue weighted by Crippen LogP contribution is 2.23. The van der Waals surface area contributed by atoms with Crippen LogP contribution in [0.2, 0.25) is 0 Å². The third kappa shape index (κ3) is 1.52. The van der Waals surface area contributed by atoms with Crippen LogP contribution in [-0.4, -0.2) is 11.6 Å². The highest BCUT2D eigenvalue weighted by molar-refractivity contribution is 5.67. The van der Waals surface area contributed by atoms with E-state index in [9.17, 15) is 0 Å². The summed E-state index contributed by atoms with van der Waals surface area (Å²) in [7, 11) is 0. The van der Waals surface area contributed by atoms with Gasteiger partial charge in [0.15, 0.2) is 0 Å². The standard InChI is InChI=1S/C7H11N3O/c1-2-11-7-6(9)5(8)3-4-10-7/h3-4H,2,9H2,1H3,(H2,8,10). The summed E-state index contributed by atoms with van der Waals surface area (Å²) in [5.41, 5.74) is 12.0. The molecule has 0 radical (unpaired) electrons. The molecule has 0 fully saturated rings. The first-order chi connectivity index (χ1) is 5.25. The quantitative estimate of drug-likeness (QED) is 0.654. The van der Waals surface area contributed by atoms with Crippen LogP contribution in [0.1, 0.15) is 6.92 Å². The van der Waals surface area contributed by atoms with E-state index < -0.39 is 0 Å². The van der Waals surface area contributed by atoms with E-state index in [1.807, 2.05) is 6.92 Å². The zero-order valence-electron chi connectivity index (χ0n) is 6.37. The van der Waals surface area contributed by atoms with E-state index in [1.54, 1.807) is 12.3 Å². The highest BCUT2D eigenvalue weighted by Gasteiger charge is 2.02. The summed E-state index contributed by atoms with van der Waals surface area (Å²) in [6.45, 7) is 2.41. The van der Waals surface area contributed by atoms with Crippen LogP contribution in [0.15, 0.2) is 12.3 Å².